The van der Waals surface area contributed by atoms with Gasteiger partial charge in [-0.25, -0.2) is 9.18 Å². The third-order valence-corrected chi connectivity index (χ3v) is 3.88. The van der Waals surface area contributed by atoms with Crippen molar-refractivity contribution in [3.63, 3.8) is 0 Å². The van der Waals surface area contributed by atoms with Crippen molar-refractivity contribution < 1.29 is 23.9 Å². The molecule has 1 saturated heterocycles. The number of benzene rings is 1. The predicted molar refractivity (Wildman–Crippen MR) is 76.9 cm³/mol. The van der Waals surface area contributed by atoms with Crippen molar-refractivity contribution in [2.24, 2.45) is 5.92 Å². The highest BCUT2D eigenvalue weighted by molar-refractivity contribution is 5.98. The Bertz CT molecular complexity index is 602. The highest BCUT2D eigenvalue weighted by Gasteiger charge is 2.36. The molecule has 0 radical (unpaired) electrons. The Morgan fingerprint density at radius 1 is 1.41 bits per heavy atom. The number of ketones is 1. The van der Waals surface area contributed by atoms with E-state index in [1.807, 2.05) is 0 Å². The second-order valence-corrected chi connectivity index (χ2v) is 5.57. The number of halogens is 1. The molecule has 6 heteroatoms. The van der Waals surface area contributed by atoms with E-state index in [1.165, 1.54) is 23.1 Å². The van der Waals surface area contributed by atoms with Gasteiger partial charge in [0.2, 0.25) is 5.91 Å². The molecule has 1 aromatic carbocycles. The maximum Gasteiger partial charge on any atom is 0.326 e. The van der Waals surface area contributed by atoms with Crippen LogP contribution in [0.5, 0.6) is 0 Å². The number of rotatable bonds is 5. The van der Waals surface area contributed by atoms with Crippen LogP contribution in [-0.4, -0.2) is 40.3 Å². The average molecular weight is 307 g/mol. The molecule has 1 aliphatic rings. The first-order valence-corrected chi connectivity index (χ1v) is 7.22. The molecule has 2 rings (SSSR count). The molecule has 1 aliphatic heterocycles. The van der Waals surface area contributed by atoms with Gasteiger partial charge in [0.1, 0.15) is 11.9 Å². The van der Waals surface area contributed by atoms with Crippen molar-refractivity contribution in [2.75, 3.05) is 6.54 Å². The van der Waals surface area contributed by atoms with Gasteiger partial charge in [-0.1, -0.05) is 19.1 Å². The zero-order valence-electron chi connectivity index (χ0n) is 12.3. The molecule has 5 nitrogen and oxygen atoms in total. The Hall–Kier alpha value is -2.24. The largest absolute Gasteiger partial charge is 0.480 e. The minimum absolute atomic E-state index is 0.0644. The van der Waals surface area contributed by atoms with E-state index in [2.05, 4.69) is 0 Å². The summed E-state index contributed by atoms with van der Waals surface area (Å²) in [5.74, 6) is -2.82. The van der Waals surface area contributed by atoms with E-state index in [1.54, 1.807) is 6.92 Å². The van der Waals surface area contributed by atoms with E-state index < -0.39 is 23.7 Å². The van der Waals surface area contributed by atoms with Gasteiger partial charge in [0, 0.05) is 24.4 Å². The number of carbonyl (C=O) groups excluding carboxylic acids is 2. The van der Waals surface area contributed by atoms with Crippen molar-refractivity contribution in [2.45, 2.75) is 32.2 Å². The van der Waals surface area contributed by atoms with Crippen LogP contribution in [0.15, 0.2) is 24.3 Å². The topological polar surface area (TPSA) is 74.7 Å². The molecule has 1 N–H and O–H groups in total. The van der Waals surface area contributed by atoms with Gasteiger partial charge in [-0.2, -0.15) is 0 Å². The summed E-state index contributed by atoms with van der Waals surface area (Å²) in [6.45, 7) is 1.99. The van der Waals surface area contributed by atoms with Gasteiger partial charge in [-0.05, 0) is 25.0 Å². The minimum atomic E-state index is -1.02. The fourth-order valence-electron chi connectivity index (χ4n) is 2.72. The Balaban J connectivity index is 2.02. The van der Waals surface area contributed by atoms with Gasteiger partial charge in [-0.15, -0.1) is 0 Å². The zero-order chi connectivity index (χ0) is 16.3. The van der Waals surface area contributed by atoms with Gasteiger partial charge in [0.15, 0.2) is 5.78 Å². The Kier molecular flexibility index (Phi) is 4.90. The van der Waals surface area contributed by atoms with E-state index in [9.17, 15) is 18.8 Å². The van der Waals surface area contributed by atoms with Crippen molar-refractivity contribution in [3.05, 3.63) is 35.6 Å². The molecular formula is C16H18FNO4. The number of carboxylic acids is 1. The van der Waals surface area contributed by atoms with Crippen molar-refractivity contribution in [3.8, 4) is 0 Å². The summed E-state index contributed by atoms with van der Waals surface area (Å²) in [5, 5.41) is 9.10. The van der Waals surface area contributed by atoms with E-state index in [0.717, 1.165) is 6.07 Å². The van der Waals surface area contributed by atoms with Gasteiger partial charge >= 0.3 is 5.97 Å². The normalized spacial score (nSPS) is 19.0. The third kappa shape index (κ3) is 3.50. The molecular weight excluding hydrogens is 289 g/mol. The molecule has 118 valence electrons. The summed E-state index contributed by atoms with van der Waals surface area (Å²) in [6, 6.07) is 4.51. The predicted octanol–water partition coefficient (Wildman–Crippen LogP) is 2.11. The van der Waals surface area contributed by atoms with Crippen LogP contribution in [0.1, 0.15) is 36.5 Å². The molecule has 0 spiro atoms. The van der Waals surface area contributed by atoms with Crippen LogP contribution in [0.2, 0.25) is 0 Å². The summed E-state index contributed by atoms with van der Waals surface area (Å²) in [6.07, 6.45) is 1.02. The summed E-state index contributed by atoms with van der Waals surface area (Å²) in [5.41, 5.74) is 0.218. The van der Waals surface area contributed by atoms with Crippen LogP contribution in [0.25, 0.3) is 0 Å². The second kappa shape index (κ2) is 6.68. The molecule has 22 heavy (non-hydrogen) atoms. The minimum Gasteiger partial charge on any atom is -0.480 e. The van der Waals surface area contributed by atoms with Gasteiger partial charge in [0.25, 0.3) is 0 Å². The number of amides is 1. The Morgan fingerprint density at radius 2 is 2.14 bits per heavy atom. The van der Waals surface area contributed by atoms with Gasteiger partial charge in [0.05, 0.1) is 0 Å². The standard InChI is InChI=1S/C16H18FNO4/c1-10(8-14(19)11-4-2-5-12(17)9-11)15(20)18-7-3-6-13(18)16(21)22/h2,4-5,9-10,13H,3,6-8H2,1H3,(H,21,22)/t10?,13-/m1/s1. The molecule has 0 bridgehead atoms. The first-order chi connectivity index (χ1) is 10.4. The lowest BCUT2D eigenvalue weighted by Gasteiger charge is -2.24. The monoisotopic (exact) mass is 307 g/mol. The molecule has 0 saturated carbocycles. The molecule has 1 unspecified atom stereocenters. The quantitative estimate of drug-likeness (QED) is 0.845. The van der Waals surface area contributed by atoms with E-state index in [-0.39, 0.29) is 23.7 Å². The van der Waals surface area contributed by atoms with Crippen LogP contribution >= 0.6 is 0 Å². The highest BCUT2D eigenvalue weighted by atomic mass is 19.1. The summed E-state index contributed by atoms with van der Waals surface area (Å²) in [4.78, 5) is 36.9. The fourth-order valence-corrected chi connectivity index (χ4v) is 2.72. The number of carbonyl (C=O) groups is 3. The molecule has 2 atom stereocenters. The molecule has 1 amide bonds. The lowest BCUT2D eigenvalue weighted by Crippen LogP contribution is -2.43. The summed E-state index contributed by atoms with van der Waals surface area (Å²) < 4.78 is 13.1. The third-order valence-electron chi connectivity index (χ3n) is 3.88. The number of carboxylic acid groups (broad SMARTS) is 1. The van der Waals surface area contributed by atoms with E-state index in [0.29, 0.717) is 19.4 Å². The van der Waals surface area contributed by atoms with Crippen LogP contribution in [-0.2, 0) is 9.59 Å². The Labute approximate surface area is 127 Å². The number of aliphatic carboxylic acids is 1. The smallest absolute Gasteiger partial charge is 0.326 e. The van der Waals surface area contributed by atoms with Crippen LogP contribution in [0.3, 0.4) is 0 Å². The maximum atomic E-state index is 13.1. The first kappa shape index (κ1) is 16.1. The zero-order valence-corrected chi connectivity index (χ0v) is 12.3. The number of hydrogen-bond donors (Lipinski definition) is 1. The number of likely N-dealkylation sites (tertiary alicyclic amines) is 1. The van der Waals surface area contributed by atoms with Crippen molar-refractivity contribution >= 4 is 17.7 Å². The molecule has 1 aromatic rings. The highest BCUT2D eigenvalue weighted by Crippen LogP contribution is 2.22. The molecule has 1 heterocycles. The van der Waals surface area contributed by atoms with Gasteiger partial charge in [-0.3, -0.25) is 9.59 Å². The Morgan fingerprint density at radius 3 is 2.77 bits per heavy atom. The first-order valence-electron chi connectivity index (χ1n) is 7.22. The SMILES string of the molecule is CC(CC(=O)c1cccc(F)c1)C(=O)N1CCC[C@@H]1C(=O)O. The molecule has 1 fully saturated rings. The lowest BCUT2D eigenvalue weighted by atomic mass is 9.98. The molecule has 0 aromatic heterocycles. The van der Waals surface area contributed by atoms with Gasteiger partial charge < -0.3 is 10.0 Å². The van der Waals surface area contributed by atoms with Crippen LogP contribution in [0, 0.1) is 11.7 Å². The van der Waals surface area contributed by atoms with Crippen LogP contribution in [0.4, 0.5) is 4.39 Å². The summed E-state index contributed by atoms with van der Waals surface area (Å²) in [7, 11) is 0. The van der Waals surface area contributed by atoms with Crippen molar-refractivity contribution in [1.82, 2.24) is 4.90 Å². The lowest BCUT2D eigenvalue weighted by molar-refractivity contribution is -0.149. The van der Waals surface area contributed by atoms with E-state index >= 15 is 0 Å². The second-order valence-electron chi connectivity index (χ2n) is 5.57. The maximum absolute atomic E-state index is 13.1. The average Bonchev–Trinajstić information content (AvgIpc) is 2.95. The number of hydrogen-bond acceptors (Lipinski definition) is 3. The van der Waals surface area contributed by atoms with E-state index in [4.69, 9.17) is 5.11 Å². The van der Waals surface area contributed by atoms with Crippen LogP contribution < -0.4 is 0 Å². The van der Waals surface area contributed by atoms with Crippen molar-refractivity contribution in [1.29, 1.82) is 0 Å². The summed E-state index contributed by atoms with van der Waals surface area (Å²) >= 11 is 0. The molecule has 0 aliphatic carbocycles. The fraction of sp³-hybridized carbons (Fsp3) is 0.438. The number of nitrogens with zero attached hydrogens (tertiary/aromatic N) is 1. The number of Topliss-reactive ketones (excluding diaryl/α,β-unsaturated/α-hetero) is 1.